The first-order valence-electron chi connectivity index (χ1n) is 7.44. The second-order valence-corrected chi connectivity index (χ2v) is 5.17. The number of aromatic nitrogens is 3. The normalized spacial score (nSPS) is 11.1. The molecule has 0 spiro atoms. The van der Waals surface area contributed by atoms with E-state index in [2.05, 4.69) is 28.6 Å². The molecule has 4 nitrogen and oxygen atoms in total. The molecule has 0 amide bonds. The van der Waals surface area contributed by atoms with Crippen molar-refractivity contribution in [2.75, 3.05) is 6.54 Å². The molecule has 21 heavy (non-hydrogen) atoms. The Kier molecular flexibility index (Phi) is 3.97. The summed E-state index contributed by atoms with van der Waals surface area (Å²) in [5, 5.41) is 1.15. The number of hydrogen-bond acceptors (Lipinski definition) is 3. The second-order valence-electron chi connectivity index (χ2n) is 5.17. The fraction of sp³-hybridized carbons (Fsp3) is 0.294. The minimum Gasteiger partial charge on any atom is -0.330 e. The second kappa shape index (κ2) is 6.06. The molecule has 2 N–H and O–H groups in total. The van der Waals surface area contributed by atoms with Crippen molar-refractivity contribution in [1.29, 1.82) is 0 Å². The van der Waals surface area contributed by atoms with Crippen molar-refractivity contribution in [3.05, 3.63) is 54.1 Å². The Labute approximate surface area is 124 Å². The molecule has 0 aliphatic heterocycles. The van der Waals surface area contributed by atoms with Crippen molar-refractivity contribution in [3.8, 4) is 5.82 Å². The monoisotopic (exact) mass is 280 g/mol. The lowest BCUT2D eigenvalue weighted by atomic mass is 10.1. The highest BCUT2D eigenvalue weighted by molar-refractivity contribution is 5.80. The highest BCUT2D eigenvalue weighted by Gasteiger charge is 2.11. The Morgan fingerprint density at radius 1 is 1.19 bits per heavy atom. The molecule has 0 fully saturated rings. The summed E-state index contributed by atoms with van der Waals surface area (Å²) in [7, 11) is 0. The zero-order chi connectivity index (χ0) is 14.7. The summed E-state index contributed by atoms with van der Waals surface area (Å²) in [6.45, 7) is 2.78. The molecule has 3 rings (SSSR count). The molecule has 0 atom stereocenters. The van der Waals surface area contributed by atoms with Crippen molar-refractivity contribution < 1.29 is 0 Å². The van der Waals surface area contributed by atoms with Crippen LogP contribution in [0.2, 0.25) is 0 Å². The molecular formula is C17H20N4. The zero-order valence-corrected chi connectivity index (χ0v) is 12.3. The lowest BCUT2D eigenvalue weighted by Crippen LogP contribution is -2.10. The van der Waals surface area contributed by atoms with E-state index in [1.54, 1.807) is 0 Å². The van der Waals surface area contributed by atoms with Gasteiger partial charge < -0.3 is 5.73 Å². The van der Waals surface area contributed by atoms with Crippen LogP contribution in [-0.2, 0) is 12.8 Å². The molecule has 0 unspecified atom stereocenters. The van der Waals surface area contributed by atoms with Gasteiger partial charge in [-0.1, -0.05) is 25.1 Å². The van der Waals surface area contributed by atoms with Crippen molar-refractivity contribution in [2.24, 2.45) is 5.73 Å². The van der Waals surface area contributed by atoms with E-state index in [1.165, 1.54) is 5.56 Å². The molecule has 2 aromatic heterocycles. The zero-order valence-electron chi connectivity index (χ0n) is 12.3. The van der Waals surface area contributed by atoms with Gasteiger partial charge in [-0.2, -0.15) is 0 Å². The minimum atomic E-state index is 0.616. The predicted molar refractivity (Wildman–Crippen MR) is 85.6 cm³/mol. The third kappa shape index (κ3) is 2.67. The average molecular weight is 280 g/mol. The van der Waals surface area contributed by atoms with Gasteiger partial charge in [0.05, 0.1) is 5.52 Å². The lowest BCUT2D eigenvalue weighted by Gasteiger charge is -2.13. The van der Waals surface area contributed by atoms with Crippen LogP contribution in [0.1, 0.15) is 24.7 Å². The van der Waals surface area contributed by atoms with Gasteiger partial charge in [0, 0.05) is 24.2 Å². The van der Waals surface area contributed by atoms with E-state index in [-0.39, 0.29) is 0 Å². The summed E-state index contributed by atoms with van der Waals surface area (Å²) < 4.78 is 2.10. The van der Waals surface area contributed by atoms with E-state index < -0.39 is 0 Å². The molecule has 0 radical (unpaired) electrons. The molecule has 108 valence electrons. The van der Waals surface area contributed by atoms with Crippen LogP contribution in [0.15, 0.2) is 42.7 Å². The first-order chi connectivity index (χ1) is 10.3. The van der Waals surface area contributed by atoms with Crippen molar-refractivity contribution in [3.63, 3.8) is 0 Å². The third-order valence-corrected chi connectivity index (χ3v) is 3.61. The molecule has 3 aromatic rings. The van der Waals surface area contributed by atoms with Crippen molar-refractivity contribution in [2.45, 2.75) is 26.2 Å². The standard InChI is InChI=1S/C17H20N4/c1-2-5-16-19-10-11-21(16)17-14(8-9-18)12-13-6-3-4-7-15(13)20-17/h3-4,6-7,10-12H,2,5,8-9,18H2,1H3. The Hall–Kier alpha value is -2.20. The largest absolute Gasteiger partial charge is 0.330 e. The number of nitrogens with two attached hydrogens (primary N) is 1. The van der Waals surface area contributed by atoms with Crippen LogP contribution in [0.25, 0.3) is 16.7 Å². The topological polar surface area (TPSA) is 56.7 Å². The van der Waals surface area contributed by atoms with Crippen LogP contribution in [0.5, 0.6) is 0 Å². The highest BCUT2D eigenvalue weighted by Crippen LogP contribution is 2.21. The molecule has 1 aromatic carbocycles. The molecule has 4 heteroatoms. The van der Waals surface area contributed by atoms with Gasteiger partial charge >= 0.3 is 0 Å². The summed E-state index contributed by atoms with van der Waals surface area (Å²) in [5.74, 6) is 2.01. The maximum Gasteiger partial charge on any atom is 0.142 e. The smallest absolute Gasteiger partial charge is 0.142 e. The number of imidazole rings is 1. The van der Waals surface area contributed by atoms with E-state index in [9.17, 15) is 0 Å². The highest BCUT2D eigenvalue weighted by atomic mass is 15.1. The van der Waals surface area contributed by atoms with Gasteiger partial charge in [-0.25, -0.2) is 9.97 Å². The summed E-state index contributed by atoms with van der Waals surface area (Å²) in [4.78, 5) is 9.30. The van der Waals surface area contributed by atoms with Crippen LogP contribution in [0.4, 0.5) is 0 Å². The van der Waals surface area contributed by atoms with Crippen LogP contribution in [-0.4, -0.2) is 21.1 Å². The molecular weight excluding hydrogens is 260 g/mol. The minimum absolute atomic E-state index is 0.616. The van der Waals surface area contributed by atoms with E-state index in [0.717, 1.165) is 41.8 Å². The molecule has 0 bridgehead atoms. The molecule has 2 heterocycles. The number of benzene rings is 1. The van der Waals surface area contributed by atoms with Gasteiger partial charge in [0.2, 0.25) is 0 Å². The maximum absolute atomic E-state index is 5.77. The van der Waals surface area contributed by atoms with Gasteiger partial charge in [-0.3, -0.25) is 4.57 Å². The summed E-state index contributed by atoms with van der Waals surface area (Å²) in [6.07, 6.45) is 6.66. The quantitative estimate of drug-likeness (QED) is 0.782. The summed E-state index contributed by atoms with van der Waals surface area (Å²) in [6, 6.07) is 10.4. The number of nitrogens with zero attached hydrogens (tertiary/aromatic N) is 3. The maximum atomic E-state index is 5.77. The Bertz CT molecular complexity index is 745. The molecule has 0 saturated carbocycles. The van der Waals surface area contributed by atoms with Gasteiger partial charge in [-0.05, 0) is 37.1 Å². The Morgan fingerprint density at radius 2 is 2.05 bits per heavy atom. The van der Waals surface area contributed by atoms with Crippen LogP contribution in [0, 0.1) is 0 Å². The lowest BCUT2D eigenvalue weighted by molar-refractivity contribution is 0.791. The molecule has 0 aliphatic carbocycles. The Balaban J connectivity index is 2.19. The number of rotatable bonds is 5. The van der Waals surface area contributed by atoms with Gasteiger partial charge in [0.15, 0.2) is 0 Å². The first-order valence-corrected chi connectivity index (χ1v) is 7.44. The van der Waals surface area contributed by atoms with Crippen molar-refractivity contribution in [1.82, 2.24) is 14.5 Å². The van der Waals surface area contributed by atoms with E-state index in [1.807, 2.05) is 30.6 Å². The third-order valence-electron chi connectivity index (χ3n) is 3.61. The van der Waals surface area contributed by atoms with E-state index >= 15 is 0 Å². The van der Waals surface area contributed by atoms with Crippen LogP contribution in [0.3, 0.4) is 0 Å². The van der Waals surface area contributed by atoms with Gasteiger partial charge in [-0.15, -0.1) is 0 Å². The van der Waals surface area contributed by atoms with E-state index in [0.29, 0.717) is 6.54 Å². The molecule has 0 aliphatic rings. The fourth-order valence-corrected chi connectivity index (χ4v) is 2.63. The van der Waals surface area contributed by atoms with Crippen LogP contribution < -0.4 is 5.73 Å². The van der Waals surface area contributed by atoms with Crippen molar-refractivity contribution >= 4 is 10.9 Å². The summed E-state index contributed by atoms with van der Waals surface area (Å²) >= 11 is 0. The van der Waals surface area contributed by atoms with Crippen LogP contribution >= 0.6 is 0 Å². The number of para-hydroxylation sites is 1. The average Bonchev–Trinajstić information content (AvgIpc) is 2.95. The fourth-order valence-electron chi connectivity index (χ4n) is 2.63. The summed E-state index contributed by atoms with van der Waals surface area (Å²) in [5.41, 5.74) is 7.95. The Morgan fingerprint density at radius 3 is 2.86 bits per heavy atom. The predicted octanol–water partition coefficient (Wildman–Crippen LogP) is 2.87. The number of aryl methyl sites for hydroxylation is 1. The van der Waals surface area contributed by atoms with Gasteiger partial charge in [0.1, 0.15) is 11.6 Å². The number of hydrogen-bond donors (Lipinski definition) is 1. The first kappa shape index (κ1) is 13.8. The van der Waals surface area contributed by atoms with E-state index in [4.69, 9.17) is 10.7 Å². The van der Waals surface area contributed by atoms with Gasteiger partial charge in [0.25, 0.3) is 0 Å². The number of fused-ring (bicyclic) bond motifs is 1. The SMILES string of the molecule is CCCc1nccn1-c1nc2ccccc2cc1CCN. The molecule has 0 saturated heterocycles. The number of pyridine rings is 1.